The zero-order valence-electron chi connectivity index (χ0n) is 45.1. The van der Waals surface area contributed by atoms with Crippen LogP contribution in [0.15, 0.2) is 276 Å². The summed E-state index contributed by atoms with van der Waals surface area (Å²) < 4.78 is 40.7. The number of aryl methyl sites for hydroxylation is 1. The first-order valence-corrected chi connectivity index (χ1v) is 27.3. The molecule has 0 N–H and O–H groups in total. The topological polar surface area (TPSA) is 29.5 Å². The third kappa shape index (κ3) is 6.70. The van der Waals surface area contributed by atoms with Crippen molar-refractivity contribution < 1.29 is 12.9 Å². The van der Waals surface area contributed by atoms with Crippen LogP contribution in [0, 0.1) is 6.85 Å². The Morgan fingerprint density at radius 3 is 1.51 bits per heavy atom. The van der Waals surface area contributed by atoms with Crippen molar-refractivity contribution in [3.63, 3.8) is 0 Å². The van der Waals surface area contributed by atoms with Gasteiger partial charge in [-0.3, -0.25) is 0 Å². The lowest BCUT2D eigenvalue weighted by Gasteiger charge is -2.34. The lowest BCUT2D eigenvalue weighted by atomic mass is 9.67. The highest BCUT2D eigenvalue weighted by molar-refractivity contribution is 7.26. The molecule has 12 aromatic carbocycles. The molecule has 0 fully saturated rings. The van der Waals surface area contributed by atoms with Gasteiger partial charge in [-0.05, 0) is 117 Å². The highest BCUT2D eigenvalue weighted by atomic mass is 32.1. The summed E-state index contributed by atoms with van der Waals surface area (Å²) in [4.78, 5) is 2.35. The Bertz CT molecular complexity index is 4820. The summed E-state index contributed by atoms with van der Waals surface area (Å²) in [5.41, 5.74) is 19.3. The third-order valence-electron chi connectivity index (χ3n) is 16.3. The van der Waals surface area contributed by atoms with E-state index in [1.54, 1.807) is 6.07 Å². The zero-order chi connectivity index (χ0) is 54.0. The summed E-state index contributed by atoms with van der Waals surface area (Å²) in [5, 5.41) is 6.82. The van der Waals surface area contributed by atoms with E-state index in [2.05, 4.69) is 223 Å². The van der Waals surface area contributed by atoms with Crippen molar-refractivity contribution in [2.45, 2.75) is 12.3 Å². The minimum Gasteiger partial charge on any atom is -0.455 e. The number of thiophene rings is 1. The maximum Gasteiger partial charge on any atom is 0.143 e. The van der Waals surface area contributed by atoms with Gasteiger partial charge in [-0.1, -0.05) is 218 Å². The van der Waals surface area contributed by atoms with E-state index < -0.39 is 12.3 Å². The third-order valence-corrected chi connectivity index (χ3v) is 17.5. The van der Waals surface area contributed by atoms with Crippen LogP contribution in [0.5, 0.6) is 0 Å². The summed E-state index contributed by atoms with van der Waals surface area (Å²) >= 11 is 1.82. The number of fused-ring (bicyclic) bond motifs is 12. The molecule has 0 amide bonds. The van der Waals surface area contributed by atoms with E-state index in [1.165, 1.54) is 20.2 Å². The fourth-order valence-corrected chi connectivity index (χ4v) is 14.0. The van der Waals surface area contributed by atoms with Gasteiger partial charge in [0.05, 0.1) is 5.41 Å². The van der Waals surface area contributed by atoms with E-state index in [1.807, 2.05) is 53.8 Å². The molecule has 0 aliphatic heterocycles. The van der Waals surface area contributed by atoms with E-state index >= 15 is 0 Å². The lowest BCUT2D eigenvalue weighted by molar-refractivity contribution is 0.669. The number of nitrogens with zero attached hydrogens (tertiary/aromatic N) is 1. The van der Waals surface area contributed by atoms with E-state index in [0.717, 1.165) is 128 Å². The minimum absolute atomic E-state index is 0.339. The average molecular weight is 1020 g/mol. The first-order valence-electron chi connectivity index (χ1n) is 28.0. The van der Waals surface area contributed by atoms with Crippen LogP contribution in [0.1, 0.15) is 31.9 Å². The van der Waals surface area contributed by atoms with E-state index in [4.69, 9.17) is 12.9 Å². The molecule has 0 spiro atoms. The van der Waals surface area contributed by atoms with E-state index in [-0.39, 0.29) is 0 Å². The monoisotopic (exact) mass is 1020 g/mol. The molecule has 366 valence electrons. The molecule has 0 radical (unpaired) electrons. The zero-order valence-corrected chi connectivity index (χ0v) is 42.9. The van der Waals surface area contributed by atoms with Crippen molar-refractivity contribution >= 4 is 92.4 Å². The van der Waals surface area contributed by atoms with Gasteiger partial charge in [-0.2, -0.15) is 0 Å². The Morgan fingerprint density at radius 2 is 0.859 bits per heavy atom. The van der Waals surface area contributed by atoms with Crippen LogP contribution in [-0.2, 0) is 5.41 Å². The van der Waals surface area contributed by atoms with Crippen LogP contribution in [0.3, 0.4) is 0 Å². The molecule has 3 heterocycles. The molecular formula is C74H47NO2S. The number of hydrogen-bond donors (Lipinski definition) is 0. The largest absolute Gasteiger partial charge is 0.455 e. The van der Waals surface area contributed by atoms with E-state index in [0.29, 0.717) is 5.56 Å². The molecule has 1 unspecified atom stereocenters. The summed E-state index contributed by atoms with van der Waals surface area (Å²) in [5.74, 6) is 0. The molecule has 3 nitrogen and oxygen atoms in total. The molecule has 0 saturated heterocycles. The molecule has 78 heavy (non-hydrogen) atoms. The quantitative estimate of drug-likeness (QED) is 0.152. The molecule has 1 aliphatic rings. The van der Waals surface area contributed by atoms with Crippen molar-refractivity contribution in [1.29, 1.82) is 0 Å². The highest BCUT2D eigenvalue weighted by Crippen LogP contribution is 2.57. The fraction of sp³-hybridized carbons (Fsp3) is 0.0270. The predicted molar refractivity (Wildman–Crippen MR) is 327 cm³/mol. The number of anilines is 3. The van der Waals surface area contributed by atoms with Crippen LogP contribution in [-0.4, -0.2) is 0 Å². The summed E-state index contributed by atoms with van der Waals surface area (Å²) in [6, 6.07) is 94.3. The van der Waals surface area contributed by atoms with Crippen molar-refractivity contribution in [1.82, 2.24) is 0 Å². The number of benzene rings is 12. The number of rotatable bonds is 8. The number of hydrogen-bond acceptors (Lipinski definition) is 4. The summed E-state index contributed by atoms with van der Waals surface area (Å²) in [6.45, 7) is -2.25. The molecule has 1 atom stereocenters. The van der Waals surface area contributed by atoms with Gasteiger partial charge in [-0.15, -0.1) is 11.3 Å². The summed E-state index contributed by atoms with van der Waals surface area (Å²) in [7, 11) is 0. The second-order valence-electron chi connectivity index (χ2n) is 20.5. The van der Waals surface area contributed by atoms with Crippen LogP contribution in [0.4, 0.5) is 17.1 Å². The standard InChI is InChI=1S/C74H47NO2S/c1-46-28-42-59-58-16-5-8-25-66(58)74(67(59)44-46,50-14-3-2-4-15-50)51-35-29-49(30-36-51)57-21-13-24-64-65-45-54(41-43-70(65)78-73(57)64)75(52-37-31-47(32-38-52)55-19-11-22-62-60-17-6-9-26-68(60)76-71(55)62)53-39-33-48(34-40-53)56-20-12-23-63-61-18-7-10-27-69(61)77-72(56)63/h2-45H,1H3/i1D3. The first-order chi connectivity index (χ1) is 39.8. The Morgan fingerprint density at radius 1 is 0.359 bits per heavy atom. The molecule has 3 aromatic heterocycles. The van der Waals surface area contributed by atoms with Gasteiger partial charge in [0.25, 0.3) is 0 Å². The number of para-hydroxylation sites is 4. The molecule has 16 rings (SSSR count). The van der Waals surface area contributed by atoms with Crippen LogP contribution in [0.2, 0.25) is 0 Å². The van der Waals surface area contributed by atoms with Crippen molar-refractivity contribution in [2.75, 3.05) is 4.90 Å². The molecule has 0 bridgehead atoms. The maximum atomic E-state index is 8.44. The van der Waals surface area contributed by atoms with Gasteiger partial charge < -0.3 is 13.7 Å². The van der Waals surface area contributed by atoms with E-state index in [9.17, 15) is 0 Å². The smallest absolute Gasteiger partial charge is 0.143 e. The fourth-order valence-electron chi connectivity index (χ4n) is 12.8. The van der Waals surface area contributed by atoms with Crippen molar-refractivity contribution in [2.24, 2.45) is 0 Å². The van der Waals surface area contributed by atoms with Crippen molar-refractivity contribution in [3.05, 3.63) is 295 Å². The molecule has 4 heteroatoms. The van der Waals surface area contributed by atoms with Gasteiger partial charge in [0.1, 0.15) is 22.3 Å². The molecule has 15 aromatic rings. The van der Waals surface area contributed by atoms with Gasteiger partial charge in [0, 0.05) is 74.0 Å². The lowest BCUT2D eigenvalue weighted by Crippen LogP contribution is -2.28. The van der Waals surface area contributed by atoms with Gasteiger partial charge in [-0.25, -0.2) is 0 Å². The predicted octanol–water partition coefficient (Wildman–Crippen LogP) is 21.0. The van der Waals surface area contributed by atoms with Gasteiger partial charge >= 0.3 is 0 Å². The second-order valence-corrected chi connectivity index (χ2v) is 21.5. The second kappa shape index (κ2) is 17.4. The van der Waals surface area contributed by atoms with Crippen molar-refractivity contribution in [3.8, 4) is 44.5 Å². The van der Waals surface area contributed by atoms with Crippen LogP contribution in [0.25, 0.3) is 109 Å². The Labute approximate surface area is 459 Å². The first kappa shape index (κ1) is 41.5. The van der Waals surface area contributed by atoms with Gasteiger partial charge in [0.15, 0.2) is 0 Å². The molecule has 1 aliphatic carbocycles. The minimum atomic E-state index is -2.25. The summed E-state index contributed by atoms with van der Waals surface area (Å²) in [6.07, 6.45) is 0. The van der Waals surface area contributed by atoms with Crippen LogP contribution < -0.4 is 4.90 Å². The Kier molecular flexibility index (Phi) is 9.26. The van der Waals surface area contributed by atoms with Crippen LogP contribution >= 0.6 is 11.3 Å². The Hall–Kier alpha value is -9.74. The maximum absolute atomic E-state index is 8.44. The average Bonchev–Trinajstić information content (AvgIpc) is 4.41. The highest BCUT2D eigenvalue weighted by Gasteiger charge is 2.46. The Balaban J connectivity index is 0.807. The molecule has 0 saturated carbocycles. The molecular weight excluding hydrogens is 967 g/mol. The number of furan rings is 2. The van der Waals surface area contributed by atoms with Gasteiger partial charge in [0.2, 0.25) is 0 Å². The normalized spacial score (nSPS) is 14.7. The SMILES string of the molecule is [2H]C([2H])([2H])c1ccc2c(c1)C(c1ccccc1)(c1ccc(-c3cccc4c3sc3ccc(N(c5ccc(-c6cccc7c6oc6ccccc67)cc5)c5ccc(-c6cccc7c6oc6ccccc67)cc5)cc34)cc1)c1ccccc1-2.